The minimum atomic E-state index is -0.220. The molecule has 0 aliphatic heterocycles. The standard InChI is InChI=1S/C24H30N4O3/c1-2-25-23(30)18-7-6-10-21(15-18)26-16-22(29)27-20-13-11-17(12-14-20)24(31)28-19-8-4-3-5-9-19/h6-7,10-15,19,26H,2-5,8-9,16H2,1H3,(H,25,30)(H,27,29)(H,28,31). The van der Waals surface area contributed by atoms with Crippen LogP contribution < -0.4 is 21.3 Å². The maximum absolute atomic E-state index is 12.4. The van der Waals surface area contributed by atoms with E-state index in [0.717, 1.165) is 12.8 Å². The molecular formula is C24H30N4O3. The molecule has 1 aliphatic rings. The van der Waals surface area contributed by atoms with Crippen LogP contribution in [-0.4, -0.2) is 36.9 Å². The van der Waals surface area contributed by atoms with Crippen LogP contribution in [0.25, 0.3) is 0 Å². The summed E-state index contributed by atoms with van der Waals surface area (Å²) in [6, 6.07) is 14.1. The van der Waals surface area contributed by atoms with Crippen LogP contribution in [0.3, 0.4) is 0 Å². The topological polar surface area (TPSA) is 99.3 Å². The molecule has 1 fully saturated rings. The van der Waals surface area contributed by atoms with E-state index in [4.69, 9.17) is 0 Å². The zero-order chi connectivity index (χ0) is 22.1. The van der Waals surface area contributed by atoms with Gasteiger partial charge in [-0.3, -0.25) is 14.4 Å². The van der Waals surface area contributed by atoms with Gasteiger partial charge in [0.05, 0.1) is 6.54 Å². The van der Waals surface area contributed by atoms with Gasteiger partial charge in [-0.2, -0.15) is 0 Å². The van der Waals surface area contributed by atoms with E-state index < -0.39 is 0 Å². The van der Waals surface area contributed by atoms with Crippen molar-refractivity contribution in [3.8, 4) is 0 Å². The van der Waals surface area contributed by atoms with Gasteiger partial charge in [0.15, 0.2) is 0 Å². The predicted octanol–water partition coefficient (Wildman–Crippen LogP) is 3.55. The minimum absolute atomic E-state index is 0.0583. The largest absolute Gasteiger partial charge is 0.376 e. The van der Waals surface area contributed by atoms with Crippen LogP contribution in [0.15, 0.2) is 48.5 Å². The van der Waals surface area contributed by atoms with Crippen LogP contribution >= 0.6 is 0 Å². The molecule has 7 nitrogen and oxygen atoms in total. The van der Waals surface area contributed by atoms with Gasteiger partial charge in [0.2, 0.25) is 5.91 Å². The average Bonchev–Trinajstić information content (AvgIpc) is 2.79. The molecule has 0 heterocycles. The van der Waals surface area contributed by atoms with Crippen molar-refractivity contribution in [3.05, 3.63) is 59.7 Å². The van der Waals surface area contributed by atoms with Crippen LogP contribution in [0.5, 0.6) is 0 Å². The molecule has 0 radical (unpaired) electrons. The normalized spacial score (nSPS) is 13.8. The average molecular weight is 423 g/mol. The van der Waals surface area contributed by atoms with Gasteiger partial charge in [0.25, 0.3) is 11.8 Å². The molecular weight excluding hydrogens is 392 g/mol. The first kappa shape index (κ1) is 22.3. The van der Waals surface area contributed by atoms with E-state index in [1.54, 1.807) is 48.5 Å². The third-order valence-corrected chi connectivity index (χ3v) is 5.29. The first-order valence-electron chi connectivity index (χ1n) is 10.9. The molecule has 0 saturated heterocycles. The number of amides is 3. The minimum Gasteiger partial charge on any atom is -0.376 e. The summed E-state index contributed by atoms with van der Waals surface area (Å²) in [5.74, 6) is -0.440. The van der Waals surface area contributed by atoms with Crippen LogP contribution in [-0.2, 0) is 4.79 Å². The summed E-state index contributed by atoms with van der Waals surface area (Å²) in [7, 11) is 0. The fraction of sp³-hybridized carbons (Fsp3) is 0.375. The van der Waals surface area contributed by atoms with E-state index in [0.29, 0.717) is 29.0 Å². The number of benzene rings is 2. The Bertz CT molecular complexity index is 905. The highest BCUT2D eigenvalue weighted by Crippen LogP contribution is 2.18. The Morgan fingerprint density at radius 3 is 2.32 bits per heavy atom. The molecule has 31 heavy (non-hydrogen) atoms. The van der Waals surface area contributed by atoms with Crippen molar-refractivity contribution in [2.45, 2.75) is 45.1 Å². The zero-order valence-corrected chi connectivity index (χ0v) is 17.9. The molecule has 0 atom stereocenters. The molecule has 164 valence electrons. The molecule has 2 aromatic carbocycles. The van der Waals surface area contributed by atoms with E-state index in [2.05, 4.69) is 21.3 Å². The Morgan fingerprint density at radius 1 is 0.871 bits per heavy atom. The smallest absolute Gasteiger partial charge is 0.251 e. The second kappa shape index (κ2) is 11.2. The summed E-state index contributed by atoms with van der Waals surface area (Å²) in [5.41, 5.74) is 2.43. The fourth-order valence-electron chi connectivity index (χ4n) is 3.64. The Kier molecular flexibility index (Phi) is 8.04. The van der Waals surface area contributed by atoms with Gasteiger partial charge in [-0.25, -0.2) is 0 Å². The fourth-order valence-corrected chi connectivity index (χ4v) is 3.64. The molecule has 4 N–H and O–H groups in total. The summed E-state index contributed by atoms with van der Waals surface area (Å²) in [5, 5.41) is 11.7. The van der Waals surface area contributed by atoms with E-state index >= 15 is 0 Å². The van der Waals surface area contributed by atoms with E-state index in [-0.39, 0.29) is 30.3 Å². The van der Waals surface area contributed by atoms with Crippen molar-refractivity contribution < 1.29 is 14.4 Å². The van der Waals surface area contributed by atoms with Crippen LogP contribution in [0.1, 0.15) is 59.7 Å². The molecule has 1 aliphatic carbocycles. The lowest BCUT2D eigenvalue weighted by Crippen LogP contribution is -2.36. The number of rotatable bonds is 8. The van der Waals surface area contributed by atoms with Crippen LogP contribution in [0, 0.1) is 0 Å². The van der Waals surface area contributed by atoms with Gasteiger partial charge in [-0.15, -0.1) is 0 Å². The third kappa shape index (κ3) is 6.84. The second-order valence-electron chi connectivity index (χ2n) is 7.73. The SMILES string of the molecule is CCNC(=O)c1cccc(NCC(=O)Nc2ccc(C(=O)NC3CCCCC3)cc2)c1. The number of carbonyl (C=O) groups is 3. The summed E-state index contributed by atoms with van der Waals surface area (Å²) in [6.07, 6.45) is 5.66. The van der Waals surface area contributed by atoms with Crippen molar-refractivity contribution in [1.29, 1.82) is 0 Å². The van der Waals surface area contributed by atoms with Crippen molar-refractivity contribution in [1.82, 2.24) is 10.6 Å². The van der Waals surface area contributed by atoms with Crippen molar-refractivity contribution in [3.63, 3.8) is 0 Å². The Balaban J connectivity index is 1.48. The van der Waals surface area contributed by atoms with Crippen molar-refractivity contribution in [2.24, 2.45) is 0 Å². The maximum Gasteiger partial charge on any atom is 0.251 e. The lowest BCUT2D eigenvalue weighted by Gasteiger charge is -2.22. The quantitative estimate of drug-likeness (QED) is 0.523. The van der Waals surface area contributed by atoms with E-state index in [9.17, 15) is 14.4 Å². The molecule has 2 aromatic rings. The number of nitrogens with one attached hydrogen (secondary N) is 4. The Morgan fingerprint density at radius 2 is 1.61 bits per heavy atom. The second-order valence-corrected chi connectivity index (χ2v) is 7.73. The molecule has 1 saturated carbocycles. The van der Waals surface area contributed by atoms with Crippen molar-refractivity contribution in [2.75, 3.05) is 23.7 Å². The van der Waals surface area contributed by atoms with Crippen LogP contribution in [0.4, 0.5) is 11.4 Å². The monoisotopic (exact) mass is 422 g/mol. The van der Waals surface area contributed by atoms with Gasteiger partial charge in [-0.1, -0.05) is 25.3 Å². The number of anilines is 2. The zero-order valence-electron chi connectivity index (χ0n) is 17.9. The Hall–Kier alpha value is -3.35. The summed E-state index contributed by atoms with van der Waals surface area (Å²) >= 11 is 0. The number of carbonyl (C=O) groups excluding carboxylic acids is 3. The van der Waals surface area contributed by atoms with Gasteiger partial charge in [0, 0.05) is 35.1 Å². The van der Waals surface area contributed by atoms with Crippen LogP contribution in [0.2, 0.25) is 0 Å². The predicted molar refractivity (Wildman–Crippen MR) is 122 cm³/mol. The van der Waals surface area contributed by atoms with E-state index in [1.807, 2.05) is 6.92 Å². The lowest BCUT2D eigenvalue weighted by molar-refractivity contribution is -0.114. The lowest BCUT2D eigenvalue weighted by atomic mass is 9.95. The summed E-state index contributed by atoms with van der Waals surface area (Å²) in [6.45, 7) is 2.47. The number of hydrogen-bond donors (Lipinski definition) is 4. The first-order chi connectivity index (χ1) is 15.0. The first-order valence-corrected chi connectivity index (χ1v) is 10.9. The number of hydrogen-bond acceptors (Lipinski definition) is 4. The van der Waals surface area contributed by atoms with Gasteiger partial charge >= 0.3 is 0 Å². The maximum atomic E-state index is 12.4. The van der Waals surface area contributed by atoms with Gasteiger partial charge in [-0.05, 0) is 62.2 Å². The Labute approximate surface area is 183 Å². The van der Waals surface area contributed by atoms with Gasteiger partial charge in [0.1, 0.15) is 0 Å². The highest BCUT2D eigenvalue weighted by Gasteiger charge is 2.16. The molecule has 7 heteroatoms. The highest BCUT2D eigenvalue weighted by molar-refractivity contribution is 5.97. The summed E-state index contributed by atoms with van der Waals surface area (Å²) < 4.78 is 0. The molecule has 3 rings (SSSR count). The molecule has 0 unspecified atom stereocenters. The van der Waals surface area contributed by atoms with Gasteiger partial charge < -0.3 is 21.3 Å². The van der Waals surface area contributed by atoms with Crippen molar-refractivity contribution >= 4 is 29.1 Å². The molecule has 0 aromatic heterocycles. The molecule has 0 bridgehead atoms. The van der Waals surface area contributed by atoms with E-state index in [1.165, 1.54) is 19.3 Å². The summed E-state index contributed by atoms with van der Waals surface area (Å²) in [4.78, 5) is 36.6. The highest BCUT2D eigenvalue weighted by atomic mass is 16.2. The third-order valence-electron chi connectivity index (χ3n) is 5.29. The molecule has 3 amide bonds. The molecule has 0 spiro atoms.